The number of thioether (sulfide) groups is 1. The van der Waals surface area contributed by atoms with Gasteiger partial charge in [-0.15, -0.1) is 0 Å². The highest BCUT2D eigenvalue weighted by atomic mass is 32.2. The third-order valence-electron chi connectivity index (χ3n) is 1.57. The van der Waals surface area contributed by atoms with E-state index in [0.717, 1.165) is 0 Å². The van der Waals surface area contributed by atoms with E-state index in [1.807, 2.05) is 6.92 Å². The SMILES string of the molecule is COC(C)CC(=O)SCCC(C)=O. The van der Waals surface area contributed by atoms with Gasteiger partial charge in [-0.05, 0) is 13.8 Å². The smallest absolute Gasteiger partial charge is 0.191 e. The molecule has 0 fully saturated rings. The van der Waals surface area contributed by atoms with Crippen LogP contribution >= 0.6 is 11.8 Å². The molecule has 0 aromatic carbocycles. The van der Waals surface area contributed by atoms with Gasteiger partial charge in [0.25, 0.3) is 0 Å². The van der Waals surface area contributed by atoms with E-state index in [1.165, 1.54) is 18.7 Å². The molecular formula is C9H16O3S. The van der Waals surface area contributed by atoms with Crippen LogP contribution in [0.2, 0.25) is 0 Å². The molecule has 13 heavy (non-hydrogen) atoms. The van der Waals surface area contributed by atoms with Gasteiger partial charge >= 0.3 is 0 Å². The van der Waals surface area contributed by atoms with Gasteiger partial charge in [-0.1, -0.05) is 11.8 Å². The summed E-state index contributed by atoms with van der Waals surface area (Å²) in [5, 5.41) is 0.0931. The summed E-state index contributed by atoms with van der Waals surface area (Å²) in [6, 6.07) is 0. The minimum atomic E-state index is -0.0303. The van der Waals surface area contributed by atoms with Gasteiger partial charge in [0.1, 0.15) is 5.78 Å². The lowest BCUT2D eigenvalue weighted by molar-refractivity contribution is -0.116. The standard InChI is InChI=1S/C9H16O3S/c1-7(10)4-5-13-9(11)6-8(2)12-3/h8H,4-6H2,1-3H3. The van der Waals surface area contributed by atoms with Gasteiger partial charge in [0.2, 0.25) is 0 Å². The van der Waals surface area contributed by atoms with Gasteiger partial charge < -0.3 is 4.74 Å². The van der Waals surface area contributed by atoms with Crippen molar-refractivity contribution in [2.75, 3.05) is 12.9 Å². The number of ketones is 1. The van der Waals surface area contributed by atoms with Crippen LogP contribution in [0.3, 0.4) is 0 Å². The largest absolute Gasteiger partial charge is 0.381 e. The molecular weight excluding hydrogens is 188 g/mol. The Morgan fingerprint density at radius 3 is 2.54 bits per heavy atom. The average molecular weight is 204 g/mol. The summed E-state index contributed by atoms with van der Waals surface area (Å²) in [6.45, 7) is 3.38. The van der Waals surface area contributed by atoms with E-state index >= 15 is 0 Å². The molecule has 0 aromatic heterocycles. The minimum Gasteiger partial charge on any atom is -0.381 e. The van der Waals surface area contributed by atoms with Crippen LogP contribution in [-0.2, 0) is 14.3 Å². The maximum absolute atomic E-state index is 11.2. The number of carbonyl (C=O) groups is 2. The summed E-state index contributed by atoms with van der Waals surface area (Å²) in [6.07, 6.45) is 0.856. The molecule has 1 unspecified atom stereocenters. The fraction of sp³-hybridized carbons (Fsp3) is 0.778. The molecule has 0 aliphatic rings. The van der Waals surface area contributed by atoms with Crippen LogP contribution in [0.25, 0.3) is 0 Å². The first-order valence-electron chi connectivity index (χ1n) is 4.24. The van der Waals surface area contributed by atoms with Gasteiger partial charge in [0.15, 0.2) is 5.12 Å². The topological polar surface area (TPSA) is 43.4 Å². The molecule has 0 aliphatic carbocycles. The molecule has 0 spiro atoms. The Balaban J connectivity index is 3.46. The summed E-state index contributed by atoms with van der Waals surface area (Å²) in [4.78, 5) is 21.7. The number of rotatable bonds is 6. The average Bonchev–Trinajstić information content (AvgIpc) is 2.03. The number of Topliss-reactive ketones (excluding diaryl/α,β-unsaturated/α-hetero) is 1. The molecule has 0 saturated carbocycles. The summed E-state index contributed by atoms with van der Waals surface area (Å²) >= 11 is 1.21. The van der Waals surface area contributed by atoms with Crippen LogP contribution in [0.1, 0.15) is 26.7 Å². The number of hydrogen-bond acceptors (Lipinski definition) is 4. The molecule has 4 heteroatoms. The summed E-state index contributed by atoms with van der Waals surface area (Å²) in [7, 11) is 1.58. The zero-order valence-electron chi connectivity index (χ0n) is 8.33. The summed E-state index contributed by atoms with van der Waals surface area (Å²) in [5.74, 6) is 0.713. The zero-order chi connectivity index (χ0) is 10.3. The molecule has 0 radical (unpaired) electrons. The Morgan fingerprint density at radius 1 is 1.46 bits per heavy atom. The second kappa shape index (κ2) is 7.09. The Morgan fingerprint density at radius 2 is 2.08 bits per heavy atom. The van der Waals surface area contributed by atoms with Gasteiger partial charge in [-0.3, -0.25) is 9.59 Å². The molecule has 0 heterocycles. The van der Waals surface area contributed by atoms with Crippen molar-refractivity contribution in [2.45, 2.75) is 32.8 Å². The van der Waals surface area contributed by atoms with Gasteiger partial charge in [-0.25, -0.2) is 0 Å². The lowest BCUT2D eigenvalue weighted by Gasteiger charge is -2.06. The second-order valence-electron chi connectivity index (χ2n) is 2.92. The highest BCUT2D eigenvalue weighted by molar-refractivity contribution is 8.13. The van der Waals surface area contributed by atoms with Crippen molar-refractivity contribution in [3.8, 4) is 0 Å². The molecule has 0 rings (SSSR count). The molecule has 0 saturated heterocycles. The second-order valence-corrected chi connectivity index (χ2v) is 4.08. The summed E-state index contributed by atoms with van der Waals surface area (Å²) in [5.41, 5.74) is 0. The minimum absolute atomic E-state index is 0.0303. The third kappa shape index (κ3) is 7.99. The van der Waals surface area contributed by atoms with E-state index in [9.17, 15) is 9.59 Å². The van der Waals surface area contributed by atoms with Crippen LogP contribution in [0, 0.1) is 0 Å². The van der Waals surface area contributed by atoms with Gasteiger partial charge in [0.05, 0.1) is 6.10 Å². The van der Waals surface area contributed by atoms with E-state index in [-0.39, 0.29) is 17.0 Å². The molecule has 1 atom stereocenters. The molecule has 0 aromatic rings. The van der Waals surface area contributed by atoms with Gasteiger partial charge in [-0.2, -0.15) is 0 Å². The van der Waals surface area contributed by atoms with Crippen molar-refractivity contribution < 1.29 is 14.3 Å². The maximum atomic E-state index is 11.2. The molecule has 3 nitrogen and oxygen atoms in total. The first kappa shape index (κ1) is 12.7. The maximum Gasteiger partial charge on any atom is 0.191 e. The van der Waals surface area contributed by atoms with E-state index in [4.69, 9.17) is 4.74 Å². The normalized spacial score (nSPS) is 12.5. The first-order valence-corrected chi connectivity index (χ1v) is 5.22. The predicted molar refractivity (Wildman–Crippen MR) is 53.9 cm³/mol. The highest BCUT2D eigenvalue weighted by Gasteiger charge is 2.08. The number of hydrogen-bond donors (Lipinski definition) is 0. The third-order valence-corrected chi connectivity index (χ3v) is 2.47. The van der Waals surface area contributed by atoms with Crippen LogP contribution in [0.4, 0.5) is 0 Å². The van der Waals surface area contributed by atoms with E-state index in [0.29, 0.717) is 18.6 Å². The van der Waals surface area contributed by atoms with Crippen molar-refractivity contribution in [1.29, 1.82) is 0 Å². The van der Waals surface area contributed by atoms with E-state index < -0.39 is 0 Å². The van der Waals surface area contributed by atoms with Crippen molar-refractivity contribution in [2.24, 2.45) is 0 Å². The Bertz CT molecular complexity index is 180. The molecule has 0 bridgehead atoms. The fourth-order valence-electron chi connectivity index (χ4n) is 0.686. The highest BCUT2D eigenvalue weighted by Crippen LogP contribution is 2.10. The van der Waals surface area contributed by atoms with Gasteiger partial charge in [0, 0.05) is 25.7 Å². The van der Waals surface area contributed by atoms with Crippen molar-refractivity contribution in [3.63, 3.8) is 0 Å². The van der Waals surface area contributed by atoms with Crippen molar-refractivity contribution in [1.82, 2.24) is 0 Å². The molecule has 76 valence electrons. The van der Waals surface area contributed by atoms with Crippen LogP contribution in [-0.4, -0.2) is 29.9 Å². The lowest BCUT2D eigenvalue weighted by Crippen LogP contribution is -2.10. The number of methoxy groups -OCH3 is 1. The monoisotopic (exact) mass is 204 g/mol. The Labute approximate surface area is 83.2 Å². The summed E-state index contributed by atoms with van der Waals surface area (Å²) < 4.78 is 4.95. The fourth-order valence-corrected chi connectivity index (χ4v) is 1.66. The quantitative estimate of drug-likeness (QED) is 0.660. The van der Waals surface area contributed by atoms with Crippen LogP contribution < -0.4 is 0 Å². The Kier molecular flexibility index (Phi) is 6.90. The van der Waals surface area contributed by atoms with E-state index in [1.54, 1.807) is 7.11 Å². The molecule has 0 amide bonds. The van der Waals surface area contributed by atoms with Crippen LogP contribution in [0.15, 0.2) is 0 Å². The first-order chi connectivity index (χ1) is 6.06. The lowest BCUT2D eigenvalue weighted by atomic mass is 10.3. The molecule has 0 N–H and O–H groups in total. The Hall–Kier alpha value is -0.350. The number of ether oxygens (including phenoxy) is 1. The zero-order valence-corrected chi connectivity index (χ0v) is 9.15. The van der Waals surface area contributed by atoms with Crippen molar-refractivity contribution in [3.05, 3.63) is 0 Å². The molecule has 0 aliphatic heterocycles. The van der Waals surface area contributed by atoms with E-state index in [2.05, 4.69) is 0 Å². The predicted octanol–water partition coefficient (Wildman–Crippen LogP) is 1.65. The van der Waals surface area contributed by atoms with Crippen molar-refractivity contribution >= 4 is 22.7 Å². The van der Waals surface area contributed by atoms with Crippen LogP contribution in [0.5, 0.6) is 0 Å². The number of carbonyl (C=O) groups excluding carboxylic acids is 2.